The number of carbonyl (C=O) groups excluding carboxylic acids is 2. The molecule has 0 aliphatic carbocycles. The van der Waals surface area contributed by atoms with E-state index in [1.165, 1.54) is 23.0 Å². The summed E-state index contributed by atoms with van der Waals surface area (Å²) in [6.07, 6.45) is 1.43. The number of ether oxygens (including phenoxy) is 1. The Balaban J connectivity index is 1.74. The van der Waals surface area contributed by atoms with Gasteiger partial charge in [0.25, 0.3) is 11.5 Å². The van der Waals surface area contributed by atoms with Crippen molar-refractivity contribution < 1.29 is 14.3 Å². The number of halogens is 1. The summed E-state index contributed by atoms with van der Waals surface area (Å²) in [7, 11) is 1.71. The van der Waals surface area contributed by atoms with Crippen LogP contribution < -0.4 is 10.9 Å². The molecule has 0 aliphatic heterocycles. The molecule has 0 saturated heterocycles. The Hall–Kier alpha value is -3.39. The summed E-state index contributed by atoms with van der Waals surface area (Å²) in [5.41, 5.74) is 1.01. The van der Waals surface area contributed by atoms with E-state index in [1.807, 2.05) is 18.2 Å². The molecule has 1 N–H and O–H groups in total. The standard InChI is InChI=1S/C19H17ClN4O4/c1-12-16(18(26)24(23(12)2)13-7-4-3-5-8-13)22-15(25)11-28-19(27)14-9-6-10-21-17(14)20/h3-10H,11H2,1-2H3,(H,22,25). The van der Waals surface area contributed by atoms with E-state index in [4.69, 9.17) is 16.3 Å². The number of hydrogen-bond donors (Lipinski definition) is 1. The molecule has 0 bridgehead atoms. The van der Waals surface area contributed by atoms with Crippen LogP contribution in [0.4, 0.5) is 5.69 Å². The monoisotopic (exact) mass is 400 g/mol. The molecule has 8 nitrogen and oxygen atoms in total. The van der Waals surface area contributed by atoms with Crippen molar-refractivity contribution in [1.82, 2.24) is 14.3 Å². The van der Waals surface area contributed by atoms with Gasteiger partial charge in [-0.2, -0.15) is 0 Å². The first-order valence-corrected chi connectivity index (χ1v) is 8.69. The van der Waals surface area contributed by atoms with Gasteiger partial charge in [-0.3, -0.25) is 14.3 Å². The third-order valence-electron chi connectivity index (χ3n) is 4.13. The number of anilines is 1. The van der Waals surface area contributed by atoms with Crippen molar-refractivity contribution >= 4 is 29.2 Å². The van der Waals surface area contributed by atoms with E-state index in [0.717, 1.165) is 0 Å². The number of rotatable bonds is 5. The topological polar surface area (TPSA) is 95.2 Å². The van der Waals surface area contributed by atoms with Crippen LogP contribution in [0.2, 0.25) is 5.15 Å². The summed E-state index contributed by atoms with van der Waals surface area (Å²) in [5.74, 6) is -1.42. The van der Waals surface area contributed by atoms with Crippen molar-refractivity contribution in [3.05, 3.63) is 75.4 Å². The van der Waals surface area contributed by atoms with Crippen LogP contribution in [0.25, 0.3) is 5.69 Å². The molecule has 0 unspecified atom stereocenters. The van der Waals surface area contributed by atoms with Crippen molar-refractivity contribution in [3.8, 4) is 5.69 Å². The van der Waals surface area contributed by atoms with Gasteiger partial charge in [0.1, 0.15) is 10.8 Å². The molecule has 0 atom stereocenters. The van der Waals surface area contributed by atoms with E-state index in [2.05, 4.69) is 10.3 Å². The first-order chi connectivity index (χ1) is 13.4. The van der Waals surface area contributed by atoms with Crippen molar-refractivity contribution in [1.29, 1.82) is 0 Å². The molecular formula is C19H17ClN4O4. The number of nitrogens with one attached hydrogen (secondary N) is 1. The van der Waals surface area contributed by atoms with E-state index in [-0.39, 0.29) is 22.0 Å². The number of carbonyl (C=O) groups is 2. The van der Waals surface area contributed by atoms with Crippen LogP contribution in [-0.2, 0) is 16.6 Å². The number of hydrogen-bond acceptors (Lipinski definition) is 5. The number of benzene rings is 1. The zero-order chi connectivity index (χ0) is 20.3. The van der Waals surface area contributed by atoms with Gasteiger partial charge in [0.15, 0.2) is 6.61 Å². The lowest BCUT2D eigenvalue weighted by molar-refractivity contribution is -0.119. The number of esters is 1. The Morgan fingerprint density at radius 3 is 2.57 bits per heavy atom. The quantitative estimate of drug-likeness (QED) is 0.524. The van der Waals surface area contributed by atoms with Crippen molar-refractivity contribution in [2.45, 2.75) is 6.92 Å². The Morgan fingerprint density at radius 2 is 1.89 bits per heavy atom. The molecule has 0 fully saturated rings. The lowest BCUT2D eigenvalue weighted by Gasteiger charge is -2.07. The Morgan fingerprint density at radius 1 is 1.18 bits per heavy atom. The maximum atomic E-state index is 12.7. The van der Waals surface area contributed by atoms with Gasteiger partial charge in [-0.25, -0.2) is 14.5 Å². The van der Waals surface area contributed by atoms with Crippen molar-refractivity contribution in [2.24, 2.45) is 7.05 Å². The third-order valence-corrected chi connectivity index (χ3v) is 4.43. The fourth-order valence-corrected chi connectivity index (χ4v) is 2.83. The molecule has 2 heterocycles. The van der Waals surface area contributed by atoms with Gasteiger partial charge < -0.3 is 10.1 Å². The third kappa shape index (κ3) is 3.81. The largest absolute Gasteiger partial charge is 0.452 e. The zero-order valence-corrected chi connectivity index (χ0v) is 15.9. The van der Waals surface area contributed by atoms with Gasteiger partial charge in [0.2, 0.25) is 0 Å². The summed E-state index contributed by atoms with van der Waals surface area (Å²) >= 11 is 5.82. The first-order valence-electron chi connectivity index (χ1n) is 8.31. The summed E-state index contributed by atoms with van der Waals surface area (Å²) in [6, 6.07) is 12.0. The SMILES string of the molecule is Cc1c(NC(=O)COC(=O)c2cccnc2Cl)c(=O)n(-c2ccccc2)n1C. The van der Waals surface area contributed by atoms with E-state index in [9.17, 15) is 14.4 Å². The highest BCUT2D eigenvalue weighted by Gasteiger charge is 2.19. The zero-order valence-electron chi connectivity index (χ0n) is 15.2. The Labute approximate surface area is 165 Å². The smallest absolute Gasteiger partial charge is 0.341 e. The van der Waals surface area contributed by atoms with E-state index in [1.54, 1.807) is 30.8 Å². The van der Waals surface area contributed by atoms with Gasteiger partial charge >= 0.3 is 5.97 Å². The van der Waals surface area contributed by atoms with Crippen LogP contribution in [0, 0.1) is 6.92 Å². The lowest BCUT2D eigenvalue weighted by Crippen LogP contribution is -2.26. The van der Waals surface area contributed by atoms with Crippen LogP contribution >= 0.6 is 11.6 Å². The van der Waals surface area contributed by atoms with Gasteiger partial charge in [-0.1, -0.05) is 29.8 Å². The molecule has 9 heteroatoms. The summed E-state index contributed by atoms with van der Waals surface area (Å²) in [4.78, 5) is 40.7. The summed E-state index contributed by atoms with van der Waals surface area (Å²) in [6.45, 7) is 1.14. The minimum atomic E-state index is -0.778. The second-order valence-electron chi connectivity index (χ2n) is 5.90. The molecule has 2 aromatic heterocycles. The van der Waals surface area contributed by atoms with Crippen LogP contribution in [0.3, 0.4) is 0 Å². The molecule has 0 aliphatic rings. The fraction of sp³-hybridized carbons (Fsp3) is 0.158. The molecule has 1 aromatic carbocycles. The van der Waals surface area contributed by atoms with Crippen LogP contribution in [0.15, 0.2) is 53.5 Å². The van der Waals surface area contributed by atoms with E-state index in [0.29, 0.717) is 11.4 Å². The Bertz CT molecular complexity index is 1090. The summed E-state index contributed by atoms with van der Waals surface area (Å²) < 4.78 is 8.02. The molecule has 0 spiro atoms. The average Bonchev–Trinajstić information content (AvgIpc) is 2.90. The minimum Gasteiger partial charge on any atom is -0.452 e. The minimum absolute atomic E-state index is 0.0161. The number of amides is 1. The normalized spacial score (nSPS) is 10.5. The van der Waals surface area contributed by atoms with Gasteiger partial charge in [0.05, 0.1) is 16.9 Å². The average molecular weight is 401 g/mol. The number of nitrogens with zero attached hydrogens (tertiary/aromatic N) is 3. The second kappa shape index (κ2) is 8.10. The molecule has 0 radical (unpaired) electrons. The number of para-hydroxylation sites is 1. The van der Waals surface area contributed by atoms with E-state index < -0.39 is 18.5 Å². The highest BCUT2D eigenvalue weighted by Crippen LogP contribution is 2.15. The highest BCUT2D eigenvalue weighted by atomic mass is 35.5. The second-order valence-corrected chi connectivity index (χ2v) is 6.26. The van der Waals surface area contributed by atoms with Gasteiger partial charge in [0, 0.05) is 13.2 Å². The van der Waals surface area contributed by atoms with Crippen LogP contribution in [0.1, 0.15) is 16.1 Å². The molecule has 28 heavy (non-hydrogen) atoms. The first kappa shape index (κ1) is 19.4. The molecule has 3 aromatic rings. The Kier molecular flexibility index (Phi) is 5.60. The number of aromatic nitrogens is 3. The maximum absolute atomic E-state index is 12.7. The predicted molar refractivity (Wildman–Crippen MR) is 104 cm³/mol. The van der Waals surface area contributed by atoms with Crippen molar-refractivity contribution in [2.75, 3.05) is 11.9 Å². The van der Waals surface area contributed by atoms with E-state index >= 15 is 0 Å². The molecular weight excluding hydrogens is 384 g/mol. The number of pyridine rings is 1. The molecule has 3 rings (SSSR count). The van der Waals surface area contributed by atoms with Gasteiger partial charge in [-0.05, 0) is 31.2 Å². The molecule has 1 amide bonds. The fourth-order valence-electron chi connectivity index (χ4n) is 2.63. The maximum Gasteiger partial charge on any atom is 0.341 e. The molecule has 144 valence electrons. The molecule has 0 saturated carbocycles. The highest BCUT2D eigenvalue weighted by molar-refractivity contribution is 6.32. The lowest BCUT2D eigenvalue weighted by atomic mass is 10.3. The predicted octanol–water partition coefficient (Wildman–Crippen LogP) is 2.33. The van der Waals surface area contributed by atoms with Crippen molar-refractivity contribution in [3.63, 3.8) is 0 Å². The van der Waals surface area contributed by atoms with Gasteiger partial charge in [-0.15, -0.1) is 0 Å². The van der Waals surface area contributed by atoms with Crippen LogP contribution in [0.5, 0.6) is 0 Å². The summed E-state index contributed by atoms with van der Waals surface area (Å²) in [5, 5.41) is 2.50. The van der Waals surface area contributed by atoms with Crippen LogP contribution in [-0.4, -0.2) is 32.8 Å².